The first-order valence-electron chi connectivity index (χ1n) is 7.51. The molecule has 116 valence electrons. The van der Waals surface area contributed by atoms with Crippen molar-refractivity contribution in [3.8, 4) is 0 Å². The van der Waals surface area contributed by atoms with Gasteiger partial charge in [-0.05, 0) is 39.5 Å². The van der Waals surface area contributed by atoms with Crippen LogP contribution in [0.4, 0.5) is 5.95 Å². The minimum absolute atomic E-state index is 0.151. The van der Waals surface area contributed by atoms with Crippen LogP contribution < -0.4 is 10.9 Å². The van der Waals surface area contributed by atoms with E-state index in [1.165, 1.54) is 0 Å². The lowest BCUT2D eigenvalue weighted by molar-refractivity contribution is 0.366. The fraction of sp³-hybridized carbons (Fsp3) is 0.667. The molecule has 0 saturated carbocycles. The summed E-state index contributed by atoms with van der Waals surface area (Å²) in [4.78, 5) is 19.4. The van der Waals surface area contributed by atoms with Crippen LogP contribution in [0.25, 0.3) is 11.0 Å². The van der Waals surface area contributed by atoms with Gasteiger partial charge in [0.2, 0.25) is 5.95 Å². The molecular weight excluding hydrogens is 266 g/mol. The summed E-state index contributed by atoms with van der Waals surface area (Å²) in [6, 6.07) is 0. The molecule has 6 nitrogen and oxygen atoms in total. The highest BCUT2D eigenvalue weighted by Gasteiger charge is 2.19. The molecule has 2 aromatic rings. The Morgan fingerprint density at radius 1 is 1.38 bits per heavy atom. The number of hydrogen-bond acceptors (Lipinski definition) is 4. The van der Waals surface area contributed by atoms with Gasteiger partial charge in [0.05, 0.1) is 11.7 Å². The van der Waals surface area contributed by atoms with Crippen molar-refractivity contribution in [3.05, 3.63) is 16.6 Å². The fourth-order valence-electron chi connectivity index (χ4n) is 2.21. The molecular formula is C15H25N5O. The number of aromatic nitrogens is 4. The molecule has 0 aliphatic rings. The Bertz CT molecular complexity index is 663. The van der Waals surface area contributed by atoms with E-state index in [1.54, 1.807) is 10.9 Å². The molecule has 0 aromatic carbocycles. The van der Waals surface area contributed by atoms with Gasteiger partial charge < -0.3 is 5.32 Å². The monoisotopic (exact) mass is 291 g/mol. The van der Waals surface area contributed by atoms with E-state index in [0.717, 1.165) is 19.4 Å². The Hall–Kier alpha value is -1.85. The third-order valence-electron chi connectivity index (χ3n) is 3.32. The zero-order valence-corrected chi connectivity index (χ0v) is 13.5. The van der Waals surface area contributed by atoms with Crippen LogP contribution in [-0.4, -0.2) is 26.3 Å². The average molecular weight is 291 g/mol. The molecule has 2 aromatic heterocycles. The fourth-order valence-corrected chi connectivity index (χ4v) is 2.21. The van der Waals surface area contributed by atoms with Gasteiger partial charge >= 0.3 is 0 Å². The van der Waals surface area contributed by atoms with E-state index in [4.69, 9.17) is 0 Å². The number of nitrogens with zero attached hydrogens (tertiary/aromatic N) is 3. The van der Waals surface area contributed by atoms with Crippen LogP contribution in [0.15, 0.2) is 11.0 Å². The van der Waals surface area contributed by atoms with Crippen molar-refractivity contribution < 1.29 is 0 Å². The van der Waals surface area contributed by atoms with Crippen molar-refractivity contribution in [1.29, 1.82) is 0 Å². The van der Waals surface area contributed by atoms with Crippen LogP contribution in [-0.2, 0) is 5.54 Å². The van der Waals surface area contributed by atoms with Crippen molar-refractivity contribution >= 4 is 17.0 Å². The van der Waals surface area contributed by atoms with E-state index in [9.17, 15) is 4.79 Å². The molecule has 0 unspecified atom stereocenters. The molecule has 0 atom stereocenters. The van der Waals surface area contributed by atoms with E-state index in [1.807, 2.05) is 20.8 Å². The number of H-pyrrole nitrogens is 1. The predicted octanol–water partition coefficient (Wildman–Crippen LogP) is 2.72. The van der Waals surface area contributed by atoms with Gasteiger partial charge in [-0.2, -0.15) is 10.1 Å². The molecule has 2 heterocycles. The summed E-state index contributed by atoms with van der Waals surface area (Å²) in [5.41, 5.74) is 0.261. The quantitative estimate of drug-likeness (QED) is 0.831. The van der Waals surface area contributed by atoms with Crippen molar-refractivity contribution in [1.82, 2.24) is 19.7 Å². The summed E-state index contributed by atoms with van der Waals surface area (Å²) < 4.78 is 1.79. The maximum Gasteiger partial charge on any atom is 0.263 e. The van der Waals surface area contributed by atoms with Gasteiger partial charge in [0.1, 0.15) is 5.39 Å². The molecule has 2 N–H and O–H groups in total. The van der Waals surface area contributed by atoms with Crippen LogP contribution in [0.5, 0.6) is 0 Å². The average Bonchev–Trinajstić information content (AvgIpc) is 2.78. The van der Waals surface area contributed by atoms with Gasteiger partial charge in [0.15, 0.2) is 5.65 Å². The lowest BCUT2D eigenvalue weighted by Crippen LogP contribution is -2.24. The topological polar surface area (TPSA) is 75.6 Å². The van der Waals surface area contributed by atoms with Crippen molar-refractivity contribution in [2.24, 2.45) is 5.92 Å². The van der Waals surface area contributed by atoms with E-state index >= 15 is 0 Å². The molecule has 0 spiro atoms. The van der Waals surface area contributed by atoms with Crippen LogP contribution in [0.2, 0.25) is 0 Å². The number of aromatic amines is 1. The maximum atomic E-state index is 12.1. The standard InChI is InChI=1S/C15H25N5O/c1-10(2)7-6-8-16-14-18-12-11(13(21)19-14)9-17-20(12)15(3,4)5/h9-10H,6-8H2,1-5H3,(H2,16,18,19,21). The first-order chi connectivity index (χ1) is 9.79. The number of nitrogens with one attached hydrogen (secondary N) is 2. The van der Waals surface area contributed by atoms with Gasteiger partial charge in [-0.25, -0.2) is 4.68 Å². The minimum atomic E-state index is -0.211. The highest BCUT2D eigenvalue weighted by molar-refractivity contribution is 5.74. The number of anilines is 1. The van der Waals surface area contributed by atoms with Crippen LogP contribution in [0, 0.1) is 5.92 Å². The van der Waals surface area contributed by atoms with Crippen molar-refractivity contribution in [2.45, 2.75) is 53.0 Å². The zero-order valence-electron chi connectivity index (χ0n) is 13.5. The van der Waals surface area contributed by atoms with Crippen molar-refractivity contribution in [3.63, 3.8) is 0 Å². The second kappa shape index (κ2) is 5.87. The van der Waals surface area contributed by atoms with Gasteiger partial charge in [-0.15, -0.1) is 0 Å². The summed E-state index contributed by atoms with van der Waals surface area (Å²) in [5.74, 6) is 1.20. The first-order valence-corrected chi connectivity index (χ1v) is 7.51. The molecule has 0 amide bonds. The first kappa shape index (κ1) is 15.5. The molecule has 0 radical (unpaired) electrons. The number of rotatable bonds is 5. The SMILES string of the molecule is CC(C)CCCNc1nc2c(cnn2C(C)(C)C)c(=O)[nH]1. The van der Waals surface area contributed by atoms with Crippen LogP contribution in [0.3, 0.4) is 0 Å². The highest BCUT2D eigenvalue weighted by Crippen LogP contribution is 2.18. The van der Waals surface area contributed by atoms with Gasteiger partial charge in [0, 0.05) is 6.54 Å². The molecule has 0 fully saturated rings. The summed E-state index contributed by atoms with van der Waals surface area (Å²) in [5, 5.41) is 8.01. The zero-order chi connectivity index (χ0) is 15.6. The normalized spacial score (nSPS) is 12.3. The predicted molar refractivity (Wildman–Crippen MR) is 85.7 cm³/mol. The van der Waals surface area contributed by atoms with E-state index in [2.05, 4.69) is 34.2 Å². The molecule has 21 heavy (non-hydrogen) atoms. The summed E-state index contributed by atoms with van der Waals surface area (Å²) >= 11 is 0. The minimum Gasteiger partial charge on any atom is -0.356 e. The van der Waals surface area contributed by atoms with Gasteiger partial charge in [0.25, 0.3) is 5.56 Å². The van der Waals surface area contributed by atoms with E-state index in [-0.39, 0.29) is 11.1 Å². The Kier molecular flexibility index (Phi) is 4.34. The highest BCUT2D eigenvalue weighted by atomic mass is 16.1. The van der Waals surface area contributed by atoms with E-state index < -0.39 is 0 Å². The molecule has 2 rings (SSSR count). The Balaban J connectivity index is 2.24. The summed E-state index contributed by atoms with van der Waals surface area (Å²) in [7, 11) is 0. The second-order valence-corrected chi connectivity index (χ2v) is 6.84. The molecule has 0 aliphatic carbocycles. The number of fused-ring (bicyclic) bond motifs is 1. The van der Waals surface area contributed by atoms with Gasteiger partial charge in [-0.1, -0.05) is 13.8 Å². The van der Waals surface area contributed by atoms with Crippen LogP contribution >= 0.6 is 0 Å². The smallest absolute Gasteiger partial charge is 0.263 e. The maximum absolute atomic E-state index is 12.1. The van der Waals surface area contributed by atoms with Crippen molar-refractivity contribution in [2.75, 3.05) is 11.9 Å². The third-order valence-corrected chi connectivity index (χ3v) is 3.32. The Morgan fingerprint density at radius 2 is 2.10 bits per heavy atom. The Labute approximate surface area is 125 Å². The molecule has 0 saturated heterocycles. The van der Waals surface area contributed by atoms with Gasteiger partial charge in [-0.3, -0.25) is 9.78 Å². The summed E-state index contributed by atoms with van der Waals surface area (Å²) in [6.45, 7) is 11.3. The molecule has 0 bridgehead atoms. The largest absolute Gasteiger partial charge is 0.356 e. The molecule has 0 aliphatic heterocycles. The van der Waals surface area contributed by atoms with E-state index in [0.29, 0.717) is 22.9 Å². The Morgan fingerprint density at radius 3 is 2.71 bits per heavy atom. The third kappa shape index (κ3) is 3.62. The molecule has 6 heteroatoms. The second-order valence-electron chi connectivity index (χ2n) is 6.84. The number of hydrogen-bond donors (Lipinski definition) is 2. The lowest BCUT2D eigenvalue weighted by atomic mass is 10.1. The summed E-state index contributed by atoms with van der Waals surface area (Å²) in [6.07, 6.45) is 3.78. The lowest BCUT2D eigenvalue weighted by Gasteiger charge is -2.19. The van der Waals surface area contributed by atoms with Crippen LogP contribution in [0.1, 0.15) is 47.5 Å².